The third-order valence-electron chi connectivity index (χ3n) is 5.67. The highest BCUT2D eigenvalue weighted by Gasteiger charge is 2.16. The highest BCUT2D eigenvalue weighted by atomic mass is 16.2. The molecule has 2 aliphatic rings. The number of hydrogen-bond acceptors (Lipinski definition) is 3. The van der Waals surface area contributed by atoms with Crippen molar-refractivity contribution >= 4 is 17.5 Å². The van der Waals surface area contributed by atoms with Gasteiger partial charge < -0.3 is 16.0 Å². The van der Waals surface area contributed by atoms with Crippen LogP contribution in [0.25, 0.3) is 0 Å². The minimum atomic E-state index is -0.0271. The molecular weight excluding hydrogens is 350 g/mol. The number of amides is 2. The number of carbonyl (C=O) groups is 2. The van der Waals surface area contributed by atoms with Crippen LogP contribution in [0.4, 0.5) is 5.69 Å². The van der Waals surface area contributed by atoms with Crippen LogP contribution in [0.15, 0.2) is 35.9 Å². The van der Waals surface area contributed by atoms with Gasteiger partial charge in [-0.05, 0) is 63.1 Å². The Morgan fingerprint density at radius 2 is 1.89 bits per heavy atom. The zero-order chi connectivity index (χ0) is 19.6. The van der Waals surface area contributed by atoms with Gasteiger partial charge in [-0.25, -0.2) is 0 Å². The maximum absolute atomic E-state index is 12.5. The van der Waals surface area contributed by atoms with Crippen molar-refractivity contribution < 1.29 is 9.59 Å². The molecule has 5 nitrogen and oxygen atoms in total. The smallest absolute Gasteiger partial charge is 0.251 e. The van der Waals surface area contributed by atoms with Crippen LogP contribution in [0.5, 0.6) is 0 Å². The summed E-state index contributed by atoms with van der Waals surface area (Å²) >= 11 is 0. The van der Waals surface area contributed by atoms with Crippen LogP contribution in [-0.4, -0.2) is 30.9 Å². The van der Waals surface area contributed by atoms with Crippen LogP contribution in [0.2, 0.25) is 0 Å². The first kappa shape index (κ1) is 20.4. The lowest BCUT2D eigenvalue weighted by Gasteiger charge is -2.22. The van der Waals surface area contributed by atoms with Crippen molar-refractivity contribution in [3.05, 3.63) is 41.5 Å². The van der Waals surface area contributed by atoms with Crippen molar-refractivity contribution in [1.82, 2.24) is 10.6 Å². The van der Waals surface area contributed by atoms with Crippen molar-refractivity contribution in [1.29, 1.82) is 0 Å². The number of nitrogens with one attached hydrogen (secondary N) is 3. The van der Waals surface area contributed by atoms with Crippen molar-refractivity contribution in [2.45, 2.75) is 70.3 Å². The number of carbonyl (C=O) groups excluding carboxylic acids is 2. The minimum Gasteiger partial charge on any atom is -0.376 e. The third-order valence-corrected chi connectivity index (χ3v) is 5.67. The Kier molecular flexibility index (Phi) is 7.94. The summed E-state index contributed by atoms with van der Waals surface area (Å²) in [5.74, 6) is -0.0470. The number of hydrogen-bond donors (Lipinski definition) is 3. The molecule has 5 heteroatoms. The third kappa shape index (κ3) is 6.70. The van der Waals surface area contributed by atoms with Crippen LogP contribution in [0.3, 0.4) is 0 Å². The van der Waals surface area contributed by atoms with Crippen LogP contribution in [0.1, 0.15) is 74.6 Å². The summed E-state index contributed by atoms with van der Waals surface area (Å²) in [7, 11) is 0. The Morgan fingerprint density at radius 3 is 2.68 bits per heavy atom. The Bertz CT molecular complexity index is 693. The van der Waals surface area contributed by atoms with Gasteiger partial charge in [-0.2, -0.15) is 0 Å². The van der Waals surface area contributed by atoms with E-state index in [1.807, 2.05) is 24.3 Å². The molecule has 3 N–H and O–H groups in total. The molecule has 2 aliphatic carbocycles. The van der Waals surface area contributed by atoms with E-state index in [0.29, 0.717) is 18.2 Å². The average Bonchev–Trinajstić information content (AvgIpc) is 2.74. The molecule has 152 valence electrons. The fourth-order valence-electron chi connectivity index (χ4n) is 4.03. The van der Waals surface area contributed by atoms with E-state index in [1.54, 1.807) is 0 Å². The lowest BCUT2D eigenvalue weighted by Crippen LogP contribution is -2.36. The summed E-state index contributed by atoms with van der Waals surface area (Å²) in [6.45, 7) is 0.906. The van der Waals surface area contributed by atoms with Crippen LogP contribution >= 0.6 is 0 Å². The molecule has 1 saturated carbocycles. The fourth-order valence-corrected chi connectivity index (χ4v) is 4.03. The summed E-state index contributed by atoms with van der Waals surface area (Å²) in [5, 5.41) is 9.23. The Labute approximate surface area is 168 Å². The maximum Gasteiger partial charge on any atom is 0.251 e. The van der Waals surface area contributed by atoms with Gasteiger partial charge in [0.1, 0.15) is 0 Å². The second-order valence-corrected chi connectivity index (χ2v) is 7.95. The molecule has 0 aromatic heterocycles. The molecule has 0 aliphatic heterocycles. The van der Waals surface area contributed by atoms with E-state index in [1.165, 1.54) is 50.5 Å². The first-order valence-corrected chi connectivity index (χ1v) is 10.8. The van der Waals surface area contributed by atoms with E-state index in [2.05, 4.69) is 22.0 Å². The number of rotatable bonds is 8. The van der Waals surface area contributed by atoms with E-state index in [0.717, 1.165) is 24.9 Å². The fraction of sp³-hybridized carbons (Fsp3) is 0.565. The van der Waals surface area contributed by atoms with Crippen LogP contribution in [0, 0.1) is 0 Å². The molecule has 0 radical (unpaired) electrons. The predicted molar refractivity (Wildman–Crippen MR) is 113 cm³/mol. The average molecular weight is 384 g/mol. The zero-order valence-corrected chi connectivity index (χ0v) is 16.8. The van der Waals surface area contributed by atoms with E-state index >= 15 is 0 Å². The predicted octanol–water partition coefficient (Wildman–Crippen LogP) is 4.17. The topological polar surface area (TPSA) is 70.2 Å². The summed E-state index contributed by atoms with van der Waals surface area (Å²) in [4.78, 5) is 24.5. The first-order valence-electron chi connectivity index (χ1n) is 10.8. The quantitative estimate of drug-likeness (QED) is 0.590. The second-order valence-electron chi connectivity index (χ2n) is 7.95. The molecule has 1 aromatic carbocycles. The number of benzene rings is 1. The molecule has 28 heavy (non-hydrogen) atoms. The van der Waals surface area contributed by atoms with Crippen LogP contribution in [-0.2, 0) is 4.79 Å². The number of allylic oxidation sites excluding steroid dienone is 1. The van der Waals surface area contributed by atoms with Gasteiger partial charge in [-0.3, -0.25) is 9.59 Å². The summed E-state index contributed by atoms with van der Waals surface area (Å²) in [6, 6.07) is 7.67. The standard InChI is InChI=1S/C23H33N3O2/c27-22(24-15-14-18-8-3-1-4-9-18)17-25-21-13-7-10-19(16-21)23(28)26-20-11-5-2-6-12-20/h7-8,10,13,16,20,25H,1-6,9,11-12,14-15,17H2,(H,24,27)(H,26,28). The summed E-state index contributed by atoms with van der Waals surface area (Å²) < 4.78 is 0. The molecule has 0 saturated heterocycles. The van der Waals surface area contributed by atoms with Gasteiger partial charge >= 0.3 is 0 Å². The Morgan fingerprint density at radius 1 is 1.04 bits per heavy atom. The van der Waals surface area contributed by atoms with Gasteiger partial charge in [-0.1, -0.05) is 37.0 Å². The van der Waals surface area contributed by atoms with Gasteiger partial charge in [0.05, 0.1) is 6.54 Å². The molecule has 0 spiro atoms. The second kappa shape index (κ2) is 10.9. The van der Waals surface area contributed by atoms with E-state index in [9.17, 15) is 9.59 Å². The highest BCUT2D eigenvalue weighted by molar-refractivity contribution is 5.95. The Balaban J connectivity index is 1.40. The maximum atomic E-state index is 12.5. The van der Waals surface area contributed by atoms with Crippen molar-refractivity contribution in [2.24, 2.45) is 0 Å². The van der Waals surface area contributed by atoms with Gasteiger partial charge in [0, 0.05) is 23.8 Å². The molecule has 0 atom stereocenters. The van der Waals surface area contributed by atoms with Gasteiger partial charge in [0.25, 0.3) is 5.91 Å². The molecular formula is C23H33N3O2. The van der Waals surface area contributed by atoms with Crippen molar-refractivity contribution in [3.63, 3.8) is 0 Å². The lowest BCUT2D eigenvalue weighted by atomic mass is 9.95. The lowest BCUT2D eigenvalue weighted by molar-refractivity contribution is -0.119. The first-order chi connectivity index (χ1) is 13.7. The van der Waals surface area contributed by atoms with Crippen molar-refractivity contribution in [2.75, 3.05) is 18.4 Å². The highest BCUT2D eigenvalue weighted by Crippen LogP contribution is 2.20. The van der Waals surface area contributed by atoms with Gasteiger partial charge in [0.2, 0.25) is 5.91 Å². The van der Waals surface area contributed by atoms with E-state index in [-0.39, 0.29) is 18.4 Å². The minimum absolute atomic E-state index is 0.0199. The zero-order valence-electron chi connectivity index (χ0n) is 16.8. The van der Waals surface area contributed by atoms with Gasteiger partial charge in [0.15, 0.2) is 0 Å². The van der Waals surface area contributed by atoms with E-state index in [4.69, 9.17) is 0 Å². The normalized spacial score (nSPS) is 17.5. The molecule has 0 unspecified atom stereocenters. The molecule has 0 bridgehead atoms. The Hall–Kier alpha value is -2.30. The molecule has 0 heterocycles. The largest absolute Gasteiger partial charge is 0.376 e. The summed E-state index contributed by atoms with van der Waals surface area (Å²) in [6.07, 6.45) is 14.0. The number of anilines is 1. The van der Waals surface area contributed by atoms with Gasteiger partial charge in [-0.15, -0.1) is 0 Å². The molecule has 3 rings (SSSR count). The van der Waals surface area contributed by atoms with Crippen LogP contribution < -0.4 is 16.0 Å². The summed E-state index contributed by atoms with van der Waals surface area (Å²) in [5.41, 5.74) is 2.90. The molecule has 1 fully saturated rings. The van der Waals surface area contributed by atoms with Crippen molar-refractivity contribution in [3.8, 4) is 0 Å². The monoisotopic (exact) mass is 383 g/mol. The molecule has 2 amide bonds. The van der Waals surface area contributed by atoms with E-state index < -0.39 is 0 Å². The SMILES string of the molecule is O=C(CNc1cccc(C(=O)NC2CCCCC2)c1)NCCC1=CCCCC1. The molecule has 1 aromatic rings.